The number of pyridine rings is 1. The van der Waals surface area contributed by atoms with Crippen molar-refractivity contribution in [3.05, 3.63) is 42.0 Å². The van der Waals surface area contributed by atoms with Gasteiger partial charge in [0, 0.05) is 23.3 Å². The number of aromatic nitrogens is 1. The minimum atomic E-state index is -5.12. The van der Waals surface area contributed by atoms with E-state index in [1.807, 2.05) is 23.8 Å². The highest BCUT2D eigenvalue weighted by molar-refractivity contribution is 7.91. The molecule has 3 aliphatic heterocycles. The summed E-state index contributed by atoms with van der Waals surface area (Å²) in [6, 6.07) is 3.83. The molecule has 4 amide bonds. The minimum absolute atomic E-state index is 0.00606. The van der Waals surface area contributed by atoms with Crippen LogP contribution in [0.1, 0.15) is 84.6 Å². The fourth-order valence-corrected chi connectivity index (χ4v) is 10.5. The summed E-state index contributed by atoms with van der Waals surface area (Å²) in [6.07, 6.45) is -2.48. The number of aryl methyl sites for hydroxylation is 1. The predicted octanol–water partition coefficient (Wildman–Crippen LogP) is 5.43. The number of carbonyl (C=O) groups excluding carboxylic acids is 3. The number of rotatable bonds is 8. The number of hydrogen-bond acceptors (Lipinski definition) is 9. The Balaban J connectivity index is 1.30. The number of benzene rings is 1. The molecule has 0 spiro atoms. The first-order chi connectivity index (χ1) is 28.2. The van der Waals surface area contributed by atoms with Gasteiger partial charge in [-0.2, -0.15) is 18.2 Å². The van der Waals surface area contributed by atoms with E-state index in [-0.39, 0.29) is 55.3 Å². The third kappa shape index (κ3) is 7.74. The molecule has 2 aliphatic carbocycles. The topological polar surface area (TPSA) is 185 Å². The SMILES string of the molecule is C[C@H]1CC/C=C\[C@@H]2C[C@@]2(C(=O)NS(=O)(=O)C2(CF)CC2)NC(=O)[C@@H]2C[C@@H](Oc3nc4c(c5ccccc35)CCCO4)CN2C(=O)[C@@H](N(C(=O)O)C(C)(C)C(F)(F)F)[C@H](C)C1. The van der Waals surface area contributed by atoms with Gasteiger partial charge in [-0.1, -0.05) is 44.2 Å². The number of fused-ring (bicyclic) bond motifs is 5. The lowest BCUT2D eigenvalue weighted by molar-refractivity contribution is -0.222. The first-order valence-corrected chi connectivity index (χ1v) is 21.9. The standard InChI is InChI=1S/C41H51F4N5O9S/c1-23-10-5-6-11-25-20-40(25,36(53)48-60(56,57)39(22-42)15-16-39)47-32(51)30-19-26(59-34-29-13-8-7-12-27(29)28-14-9-17-58-33(28)46-34)21-49(30)35(52)31(24(2)18-23)50(37(54)55)38(3,4)41(43,44)45/h6-8,11-13,23-26,30-31H,5,9-10,14-22H2,1-4H3,(H,47,51)(H,48,53)(H,54,55)/b11-6-/t23-,24+,25+,26+,30-,31-,40+/m0/s1. The van der Waals surface area contributed by atoms with E-state index in [1.54, 1.807) is 24.3 Å². The summed E-state index contributed by atoms with van der Waals surface area (Å²) in [7, 11) is -4.51. The van der Waals surface area contributed by atoms with E-state index < -0.39 is 92.5 Å². The lowest BCUT2D eigenvalue weighted by Gasteiger charge is -2.45. The second-order valence-corrected chi connectivity index (χ2v) is 19.8. The fraction of sp³-hybridized carbons (Fsp3) is 0.634. The van der Waals surface area contributed by atoms with Crippen molar-refractivity contribution < 1.29 is 59.7 Å². The highest BCUT2D eigenvalue weighted by Crippen LogP contribution is 2.48. The molecule has 19 heteroatoms. The smallest absolute Gasteiger partial charge is 0.411 e. The van der Waals surface area contributed by atoms with E-state index in [4.69, 9.17) is 9.47 Å². The Kier molecular flexibility index (Phi) is 11.3. The van der Waals surface area contributed by atoms with Gasteiger partial charge >= 0.3 is 12.3 Å². The number of carbonyl (C=O) groups is 4. The molecular formula is C41H51F4N5O9S. The van der Waals surface area contributed by atoms with Gasteiger partial charge < -0.3 is 24.8 Å². The molecule has 5 aliphatic rings. The first kappa shape index (κ1) is 43.4. The van der Waals surface area contributed by atoms with Crippen LogP contribution < -0.4 is 19.5 Å². The second kappa shape index (κ2) is 15.7. The zero-order valence-electron chi connectivity index (χ0n) is 33.9. The van der Waals surface area contributed by atoms with Gasteiger partial charge in [0.2, 0.25) is 33.6 Å². The van der Waals surface area contributed by atoms with Crippen LogP contribution >= 0.6 is 0 Å². The van der Waals surface area contributed by atoms with Gasteiger partial charge in [0.05, 0.1) is 13.2 Å². The van der Waals surface area contributed by atoms with Crippen molar-refractivity contribution in [2.45, 2.75) is 126 Å². The number of nitrogens with zero attached hydrogens (tertiary/aromatic N) is 3. The molecular weight excluding hydrogens is 815 g/mol. The second-order valence-electron chi connectivity index (χ2n) is 17.7. The van der Waals surface area contributed by atoms with Crippen LogP contribution in [0.4, 0.5) is 22.4 Å². The molecule has 0 unspecified atom stereocenters. The number of allylic oxidation sites excluding steroid dienone is 1. The fourth-order valence-electron chi connectivity index (χ4n) is 9.03. The summed E-state index contributed by atoms with van der Waals surface area (Å²) >= 11 is 0. The summed E-state index contributed by atoms with van der Waals surface area (Å²) in [5.74, 6) is -4.54. The molecule has 2 saturated carbocycles. The molecule has 1 aromatic heterocycles. The number of amides is 4. The van der Waals surface area contributed by atoms with E-state index in [1.165, 1.54) is 6.92 Å². The zero-order valence-corrected chi connectivity index (χ0v) is 34.7. The monoisotopic (exact) mass is 865 g/mol. The third-order valence-corrected chi connectivity index (χ3v) is 15.1. The molecule has 3 N–H and O–H groups in total. The number of sulfonamides is 1. The van der Waals surface area contributed by atoms with Crippen molar-refractivity contribution >= 4 is 44.6 Å². The van der Waals surface area contributed by atoms with E-state index in [0.717, 1.165) is 22.3 Å². The maximum atomic E-state index is 15.1. The summed E-state index contributed by atoms with van der Waals surface area (Å²) in [6.45, 7) is 3.51. The van der Waals surface area contributed by atoms with Crippen LogP contribution in [-0.2, 0) is 30.8 Å². The lowest BCUT2D eigenvalue weighted by atomic mass is 9.85. The summed E-state index contributed by atoms with van der Waals surface area (Å²) in [4.78, 5) is 62.4. The van der Waals surface area contributed by atoms with Crippen molar-refractivity contribution in [1.29, 1.82) is 0 Å². The maximum absolute atomic E-state index is 15.1. The van der Waals surface area contributed by atoms with Gasteiger partial charge in [-0.05, 0) is 88.5 Å². The highest BCUT2D eigenvalue weighted by atomic mass is 32.2. The van der Waals surface area contributed by atoms with Crippen molar-refractivity contribution in [3.8, 4) is 11.8 Å². The Labute approximate surface area is 345 Å². The van der Waals surface area contributed by atoms with Crippen LogP contribution in [0.2, 0.25) is 0 Å². The molecule has 328 valence electrons. The molecule has 0 bridgehead atoms. The Morgan fingerprint density at radius 1 is 1.13 bits per heavy atom. The summed E-state index contributed by atoms with van der Waals surface area (Å²) in [5.41, 5.74) is -4.02. The molecule has 3 fully saturated rings. The predicted molar refractivity (Wildman–Crippen MR) is 209 cm³/mol. The Morgan fingerprint density at radius 3 is 2.48 bits per heavy atom. The van der Waals surface area contributed by atoms with Crippen LogP contribution in [0.3, 0.4) is 0 Å². The number of ether oxygens (including phenoxy) is 2. The van der Waals surface area contributed by atoms with Gasteiger partial charge in [-0.25, -0.2) is 17.6 Å². The molecule has 1 saturated heterocycles. The molecule has 7 atom stereocenters. The van der Waals surface area contributed by atoms with E-state index in [2.05, 4.69) is 10.3 Å². The van der Waals surface area contributed by atoms with Gasteiger partial charge in [-0.3, -0.25) is 24.0 Å². The summed E-state index contributed by atoms with van der Waals surface area (Å²) < 4.78 is 97.1. The van der Waals surface area contributed by atoms with Gasteiger partial charge in [0.15, 0.2) is 0 Å². The summed E-state index contributed by atoms with van der Waals surface area (Å²) in [5, 5.41) is 14.6. The lowest BCUT2D eigenvalue weighted by Crippen LogP contribution is -2.66. The van der Waals surface area contributed by atoms with Crippen molar-refractivity contribution in [2.75, 3.05) is 19.8 Å². The maximum Gasteiger partial charge on any atom is 0.411 e. The number of alkyl halides is 4. The largest absolute Gasteiger partial charge is 0.477 e. The normalized spacial score (nSPS) is 30.0. The first-order valence-electron chi connectivity index (χ1n) is 20.4. The highest BCUT2D eigenvalue weighted by Gasteiger charge is 2.64. The molecule has 7 rings (SSSR count). The molecule has 14 nitrogen and oxygen atoms in total. The van der Waals surface area contributed by atoms with Gasteiger partial charge in [0.1, 0.15) is 40.7 Å². The van der Waals surface area contributed by atoms with Crippen molar-refractivity contribution in [1.82, 2.24) is 24.8 Å². The van der Waals surface area contributed by atoms with E-state index in [9.17, 15) is 45.5 Å². The van der Waals surface area contributed by atoms with Crippen LogP contribution in [0.25, 0.3) is 10.8 Å². The number of hydrogen-bond donors (Lipinski definition) is 3. The van der Waals surface area contributed by atoms with Crippen molar-refractivity contribution in [2.24, 2.45) is 17.8 Å². The van der Waals surface area contributed by atoms with Crippen molar-refractivity contribution in [3.63, 3.8) is 0 Å². The quantitative estimate of drug-likeness (QED) is 0.228. The van der Waals surface area contributed by atoms with Crippen LogP contribution in [0, 0.1) is 17.8 Å². The van der Waals surface area contributed by atoms with E-state index in [0.29, 0.717) is 51.0 Å². The molecule has 0 radical (unpaired) electrons. The zero-order chi connectivity index (χ0) is 43.6. The Bertz CT molecular complexity index is 2200. The van der Waals surface area contributed by atoms with Gasteiger partial charge in [-0.15, -0.1) is 0 Å². The third-order valence-electron chi connectivity index (χ3n) is 13.0. The number of halogens is 4. The minimum Gasteiger partial charge on any atom is -0.477 e. The number of carboxylic acid groups (broad SMARTS) is 1. The number of nitrogens with one attached hydrogen (secondary N) is 2. The molecule has 4 heterocycles. The van der Waals surface area contributed by atoms with E-state index >= 15 is 4.79 Å². The Hall–Kier alpha value is -4.68. The average Bonchev–Trinajstić information content (AvgIpc) is 4.09. The molecule has 2 aromatic rings. The van der Waals surface area contributed by atoms with Gasteiger partial charge in [0.25, 0.3) is 5.91 Å². The Morgan fingerprint density at radius 2 is 1.83 bits per heavy atom. The average molecular weight is 866 g/mol. The van der Waals surface area contributed by atoms with Crippen LogP contribution in [-0.4, -0.2) is 112 Å². The molecule has 1 aromatic carbocycles. The van der Waals surface area contributed by atoms with Crippen LogP contribution in [0.15, 0.2) is 36.4 Å². The van der Waals surface area contributed by atoms with Crippen LogP contribution in [0.5, 0.6) is 11.8 Å². The molecule has 60 heavy (non-hydrogen) atoms.